The minimum Gasteiger partial charge on any atom is -0.321 e. The highest BCUT2D eigenvalue weighted by atomic mass is 16.7. The Morgan fingerprint density at radius 2 is 2.75 bits per heavy atom. The fourth-order valence-corrected chi connectivity index (χ4v) is 0.364. The molecule has 0 spiro atoms. The molecule has 0 amide bonds. The zero-order valence-corrected chi connectivity index (χ0v) is 3.90. The van der Waals surface area contributed by atoms with Crippen LogP contribution in [0.3, 0.4) is 0 Å². The Hall–Kier alpha value is -1.13. The summed E-state index contributed by atoms with van der Waals surface area (Å²) in [6.07, 6.45) is 1.48. The summed E-state index contributed by atoms with van der Waals surface area (Å²) >= 11 is 0. The lowest BCUT2D eigenvalue weighted by Gasteiger charge is -1.94. The third-order valence-corrected chi connectivity index (χ3v) is 0.740. The van der Waals surface area contributed by atoms with Crippen molar-refractivity contribution in [2.75, 3.05) is 0 Å². The molecule has 0 N–H and O–H groups in total. The number of nitrogens with zero attached hydrogens (tertiary/aromatic N) is 2. The zero-order chi connectivity index (χ0) is 5.98. The Morgan fingerprint density at radius 1 is 2.00 bits per heavy atom. The van der Waals surface area contributed by atoms with Crippen molar-refractivity contribution in [3.63, 3.8) is 0 Å². The second-order valence-corrected chi connectivity index (χ2v) is 1.30. The molecule has 1 heterocycles. The summed E-state index contributed by atoms with van der Waals surface area (Å²) in [5, 5.41) is 12.9. The van der Waals surface area contributed by atoms with E-state index in [2.05, 4.69) is 16.2 Å². The molecular formula is C3H3N2O3. The van der Waals surface area contributed by atoms with Crippen molar-refractivity contribution in [2.45, 2.75) is 12.6 Å². The molecule has 43 valence electrons. The van der Waals surface area contributed by atoms with E-state index in [-0.39, 0.29) is 6.42 Å². The van der Waals surface area contributed by atoms with Gasteiger partial charge in [0.25, 0.3) is 0 Å². The van der Waals surface area contributed by atoms with E-state index in [0.29, 0.717) is 0 Å². The maximum absolute atomic E-state index is 9.78. The third-order valence-electron chi connectivity index (χ3n) is 0.740. The van der Waals surface area contributed by atoms with Crippen molar-refractivity contribution in [2.24, 2.45) is 5.16 Å². The van der Waals surface area contributed by atoms with Crippen molar-refractivity contribution in [3.8, 4) is 0 Å². The van der Waals surface area contributed by atoms with Gasteiger partial charge in [-0.3, -0.25) is 10.1 Å². The van der Waals surface area contributed by atoms with Gasteiger partial charge in [0.05, 0.1) is 4.92 Å². The predicted octanol–water partition coefficient (Wildman–Crippen LogP) is -0.128. The van der Waals surface area contributed by atoms with Crippen LogP contribution in [0.5, 0.6) is 0 Å². The van der Waals surface area contributed by atoms with Crippen LogP contribution < -0.4 is 0 Å². The van der Waals surface area contributed by atoms with Gasteiger partial charge in [0.15, 0.2) is 0 Å². The van der Waals surface area contributed by atoms with Crippen molar-refractivity contribution in [3.05, 3.63) is 10.1 Å². The molecule has 0 fully saturated rings. The Balaban J connectivity index is 2.41. The quantitative estimate of drug-likeness (QED) is 0.353. The van der Waals surface area contributed by atoms with Gasteiger partial charge in [0.2, 0.25) is 0 Å². The molecule has 1 unspecified atom stereocenters. The molecule has 1 aliphatic heterocycles. The van der Waals surface area contributed by atoms with E-state index in [0.717, 1.165) is 0 Å². The van der Waals surface area contributed by atoms with Crippen LogP contribution in [0.1, 0.15) is 6.42 Å². The Bertz CT molecular complexity index is 124. The maximum atomic E-state index is 9.78. The lowest BCUT2D eigenvalue weighted by Crippen LogP contribution is -2.16. The minimum absolute atomic E-state index is 0.160. The first kappa shape index (κ1) is 5.02. The van der Waals surface area contributed by atoms with Crippen molar-refractivity contribution >= 4 is 6.21 Å². The van der Waals surface area contributed by atoms with Gasteiger partial charge in [0.1, 0.15) is 12.6 Å². The lowest BCUT2D eigenvalue weighted by molar-refractivity contribution is -0.571. The molecule has 0 aliphatic carbocycles. The van der Waals surface area contributed by atoms with E-state index >= 15 is 0 Å². The molecule has 1 rings (SSSR count). The first-order chi connectivity index (χ1) is 3.80. The van der Waals surface area contributed by atoms with E-state index < -0.39 is 11.2 Å². The molecule has 1 radical (unpaired) electrons. The standard InChI is InChI=1S/C3H3N2O3/c6-5(7)3-1-2-4-8-3/h3H,1H2. The first-order valence-electron chi connectivity index (χ1n) is 2.03. The Kier molecular flexibility index (Phi) is 1.11. The molecule has 0 aromatic carbocycles. The fraction of sp³-hybridized carbons (Fsp3) is 0.667. The van der Waals surface area contributed by atoms with Crippen molar-refractivity contribution in [1.82, 2.24) is 0 Å². The second-order valence-electron chi connectivity index (χ2n) is 1.30. The highest BCUT2D eigenvalue weighted by Gasteiger charge is 2.24. The summed E-state index contributed by atoms with van der Waals surface area (Å²) in [4.78, 5) is 13.5. The van der Waals surface area contributed by atoms with E-state index in [9.17, 15) is 10.1 Å². The van der Waals surface area contributed by atoms with Gasteiger partial charge < -0.3 is 4.84 Å². The number of hydrogen-bond acceptors (Lipinski definition) is 4. The second kappa shape index (κ2) is 1.77. The van der Waals surface area contributed by atoms with Gasteiger partial charge in [-0.1, -0.05) is 5.16 Å². The van der Waals surface area contributed by atoms with E-state index in [4.69, 9.17) is 0 Å². The Labute approximate surface area is 45.1 Å². The van der Waals surface area contributed by atoms with Gasteiger partial charge in [-0.05, 0) is 0 Å². The molecule has 5 heteroatoms. The van der Waals surface area contributed by atoms with Crippen LogP contribution >= 0.6 is 0 Å². The van der Waals surface area contributed by atoms with Gasteiger partial charge in [-0.15, -0.1) is 0 Å². The zero-order valence-electron chi connectivity index (χ0n) is 3.90. The van der Waals surface area contributed by atoms with Crippen molar-refractivity contribution in [1.29, 1.82) is 0 Å². The fourth-order valence-electron chi connectivity index (χ4n) is 0.364. The number of hydrogen-bond donors (Lipinski definition) is 0. The van der Waals surface area contributed by atoms with Gasteiger partial charge in [-0.2, -0.15) is 0 Å². The summed E-state index contributed by atoms with van der Waals surface area (Å²) in [7, 11) is 0. The highest BCUT2D eigenvalue weighted by molar-refractivity contribution is 5.57. The van der Waals surface area contributed by atoms with Crippen LogP contribution in [0.25, 0.3) is 0 Å². The highest BCUT2D eigenvalue weighted by Crippen LogP contribution is 2.03. The molecule has 1 aliphatic rings. The maximum Gasteiger partial charge on any atom is 0.380 e. The molecule has 8 heavy (non-hydrogen) atoms. The molecule has 0 bridgehead atoms. The molecule has 0 saturated heterocycles. The van der Waals surface area contributed by atoms with Gasteiger partial charge in [-0.25, -0.2) is 0 Å². The van der Waals surface area contributed by atoms with Gasteiger partial charge >= 0.3 is 6.23 Å². The molecule has 0 aromatic heterocycles. The minimum atomic E-state index is -0.991. The van der Waals surface area contributed by atoms with Crippen LogP contribution in [0.2, 0.25) is 0 Å². The average Bonchev–Trinajstić information content (AvgIpc) is 2.12. The molecule has 0 saturated carbocycles. The lowest BCUT2D eigenvalue weighted by atomic mass is 10.4. The monoisotopic (exact) mass is 115 g/mol. The van der Waals surface area contributed by atoms with E-state index in [1.807, 2.05) is 0 Å². The number of rotatable bonds is 1. The van der Waals surface area contributed by atoms with E-state index in [1.165, 1.54) is 0 Å². The van der Waals surface area contributed by atoms with Gasteiger partial charge in [0, 0.05) is 0 Å². The van der Waals surface area contributed by atoms with Crippen LogP contribution in [0, 0.1) is 10.1 Å². The Morgan fingerprint density at radius 3 is 3.00 bits per heavy atom. The van der Waals surface area contributed by atoms with Crippen LogP contribution in [0.4, 0.5) is 0 Å². The molecular weight excluding hydrogens is 112 g/mol. The summed E-state index contributed by atoms with van der Waals surface area (Å²) in [5.74, 6) is 0. The molecule has 5 nitrogen and oxygen atoms in total. The van der Waals surface area contributed by atoms with Crippen LogP contribution in [0.15, 0.2) is 5.16 Å². The average molecular weight is 115 g/mol. The largest absolute Gasteiger partial charge is 0.380 e. The molecule has 1 atom stereocenters. The normalized spacial score (nSPS) is 25.2. The first-order valence-corrected chi connectivity index (χ1v) is 2.03. The summed E-state index contributed by atoms with van der Waals surface area (Å²) in [6, 6.07) is 0. The van der Waals surface area contributed by atoms with Crippen LogP contribution in [-0.4, -0.2) is 17.4 Å². The van der Waals surface area contributed by atoms with Crippen molar-refractivity contribution < 1.29 is 9.76 Å². The number of nitro groups is 1. The summed E-state index contributed by atoms with van der Waals surface area (Å²) in [6.45, 7) is 0. The van der Waals surface area contributed by atoms with Crippen LogP contribution in [-0.2, 0) is 4.84 Å². The SMILES string of the molecule is O=[N+]([O-])C1C[C]=NO1. The predicted molar refractivity (Wildman–Crippen MR) is 23.9 cm³/mol. The third kappa shape index (κ3) is 0.749. The summed E-state index contributed by atoms with van der Waals surface area (Å²) < 4.78 is 0. The summed E-state index contributed by atoms with van der Waals surface area (Å²) in [5.41, 5.74) is 0. The van der Waals surface area contributed by atoms with E-state index in [1.54, 1.807) is 0 Å². The topological polar surface area (TPSA) is 64.7 Å². The molecule has 0 aromatic rings. The smallest absolute Gasteiger partial charge is 0.321 e.